The number of nitrogens with one attached hydrogen (secondary N) is 1. The van der Waals surface area contributed by atoms with Crippen molar-refractivity contribution in [3.05, 3.63) is 30.3 Å². The van der Waals surface area contributed by atoms with Gasteiger partial charge in [-0.15, -0.1) is 0 Å². The number of hydrogen-bond donors (Lipinski definition) is 1. The summed E-state index contributed by atoms with van der Waals surface area (Å²) < 4.78 is 31.0. The van der Waals surface area contributed by atoms with E-state index in [-0.39, 0.29) is 4.90 Å². The molecular formula is C19H31NO4S. The molecule has 0 spiro atoms. The van der Waals surface area contributed by atoms with Crippen molar-refractivity contribution in [2.24, 2.45) is 0 Å². The maximum atomic E-state index is 12.9. The summed E-state index contributed by atoms with van der Waals surface area (Å²) in [5.41, 5.74) is -0.674. The first-order valence-electron chi connectivity index (χ1n) is 8.95. The standard InChI is InChI=1S/C19H31NO4S/c1-5-6-7-8-12-15-17(20-18(21)24-19(2,3)4)25(22,23)16-13-10-9-11-14-16/h9-11,13-14,17H,5-8,12,15H2,1-4H3,(H,20,21). The number of rotatable bonds is 9. The lowest BCUT2D eigenvalue weighted by Gasteiger charge is -2.24. The fourth-order valence-electron chi connectivity index (χ4n) is 2.45. The SMILES string of the molecule is CCCCCCCC(NC(=O)OC(C)(C)C)S(=O)(=O)c1ccccc1. The smallest absolute Gasteiger partial charge is 0.408 e. The number of unbranched alkanes of at least 4 members (excludes halogenated alkanes) is 4. The highest BCUT2D eigenvalue weighted by Gasteiger charge is 2.30. The molecule has 0 aliphatic carbocycles. The Labute approximate surface area is 152 Å². The van der Waals surface area contributed by atoms with Crippen LogP contribution in [0.15, 0.2) is 35.2 Å². The van der Waals surface area contributed by atoms with Gasteiger partial charge < -0.3 is 10.1 Å². The molecule has 0 fully saturated rings. The van der Waals surface area contributed by atoms with Gasteiger partial charge in [-0.25, -0.2) is 13.2 Å². The fraction of sp³-hybridized carbons (Fsp3) is 0.632. The van der Waals surface area contributed by atoms with Crippen molar-refractivity contribution in [3.63, 3.8) is 0 Å². The highest BCUT2D eigenvalue weighted by atomic mass is 32.2. The van der Waals surface area contributed by atoms with E-state index in [9.17, 15) is 13.2 Å². The van der Waals surface area contributed by atoms with Crippen LogP contribution in [0.1, 0.15) is 66.2 Å². The van der Waals surface area contributed by atoms with Crippen molar-refractivity contribution in [2.45, 2.75) is 82.1 Å². The number of carbonyl (C=O) groups is 1. The lowest BCUT2D eigenvalue weighted by molar-refractivity contribution is 0.0517. The molecule has 1 aromatic rings. The second kappa shape index (κ2) is 9.80. The third-order valence-corrected chi connectivity index (χ3v) is 5.73. The molecule has 1 atom stereocenters. The first kappa shape index (κ1) is 21.5. The molecule has 0 saturated carbocycles. The van der Waals surface area contributed by atoms with E-state index in [1.165, 1.54) is 0 Å². The normalized spacial score (nSPS) is 13.3. The van der Waals surface area contributed by atoms with Crippen molar-refractivity contribution in [3.8, 4) is 0 Å². The van der Waals surface area contributed by atoms with Crippen LogP contribution in [0.25, 0.3) is 0 Å². The topological polar surface area (TPSA) is 72.5 Å². The number of carbonyl (C=O) groups excluding carboxylic acids is 1. The number of amides is 1. The molecule has 0 saturated heterocycles. The largest absolute Gasteiger partial charge is 0.444 e. The molecule has 1 unspecified atom stereocenters. The zero-order valence-corrected chi connectivity index (χ0v) is 16.6. The van der Waals surface area contributed by atoms with Gasteiger partial charge in [0.05, 0.1) is 4.90 Å². The van der Waals surface area contributed by atoms with Gasteiger partial charge in [-0.1, -0.05) is 57.2 Å². The number of alkyl carbamates (subject to hydrolysis) is 1. The van der Waals surface area contributed by atoms with Crippen molar-refractivity contribution < 1.29 is 17.9 Å². The molecular weight excluding hydrogens is 338 g/mol. The van der Waals surface area contributed by atoms with E-state index in [1.54, 1.807) is 51.1 Å². The Bertz CT molecular complexity index is 621. The molecule has 25 heavy (non-hydrogen) atoms. The maximum absolute atomic E-state index is 12.9. The minimum Gasteiger partial charge on any atom is -0.444 e. The molecule has 0 radical (unpaired) electrons. The van der Waals surface area contributed by atoms with Gasteiger partial charge in [0.1, 0.15) is 11.0 Å². The molecule has 0 heterocycles. The number of ether oxygens (including phenoxy) is 1. The molecule has 1 N–H and O–H groups in total. The monoisotopic (exact) mass is 369 g/mol. The Morgan fingerprint density at radius 3 is 2.24 bits per heavy atom. The van der Waals surface area contributed by atoms with Gasteiger partial charge in [0.25, 0.3) is 0 Å². The fourth-order valence-corrected chi connectivity index (χ4v) is 4.04. The molecule has 0 aliphatic rings. The molecule has 0 aromatic heterocycles. The molecule has 5 nitrogen and oxygen atoms in total. The summed E-state index contributed by atoms with van der Waals surface area (Å²) in [6, 6.07) is 8.23. The quantitative estimate of drug-likeness (QED) is 0.642. The van der Waals surface area contributed by atoms with Gasteiger partial charge in [-0.3, -0.25) is 0 Å². The minimum atomic E-state index is -3.66. The predicted octanol–water partition coefficient (Wildman–Crippen LogP) is 4.67. The molecule has 0 aliphatic heterocycles. The van der Waals surface area contributed by atoms with Gasteiger partial charge in [0, 0.05) is 0 Å². The summed E-state index contributed by atoms with van der Waals surface area (Å²) >= 11 is 0. The van der Waals surface area contributed by atoms with E-state index in [4.69, 9.17) is 4.74 Å². The Balaban J connectivity index is 2.85. The highest BCUT2D eigenvalue weighted by Crippen LogP contribution is 2.20. The van der Waals surface area contributed by atoms with E-state index in [0.29, 0.717) is 6.42 Å². The van der Waals surface area contributed by atoms with Crippen molar-refractivity contribution in [1.29, 1.82) is 0 Å². The third kappa shape index (κ3) is 7.90. The summed E-state index contributed by atoms with van der Waals surface area (Å²) in [6.45, 7) is 7.38. The number of benzene rings is 1. The van der Waals surface area contributed by atoms with Crippen LogP contribution in [0.4, 0.5) is 4.79 Å². The molecule has 1 amide bonds. The number of sulfone groups is 1. The second-order valence-corrected chi connectivity index (χ2v) is 9.33. The Morgan fingerprint density at radius 2 is 1.68 bits per heavy atom. The summed E-state index contributed by atoms with van der Waals surface area (Å²) in [7, 11) is -3.66. The van der Waals surface area contributed by atoms with Gasteiger partial charge in [0.2, 0.25) is 0 Å². The Morgan fingerprint density at radius 1 is 1.08 bits per heavy atom. The van der Waals surface area contributed by atoms with E-state index in [1.807, 2.05) is 0 Å². The lowest BCUT2D eigenvalue weighted by Crippen LogP contribution is -2.43. The number of hydrogen-bond acceptors (Lipinski definition) is 4. The van der Waals surface area contributed by atoms with Crippen molar-refractivity contribution in [2.75, 3.05) is 0 Å². The first-order chi connectivity index (χ1) is 11.7. The lowest BCUT2D eigenvalue weighted by atomic mass is 10.1. The maximum Gasteiger partial charge on any atom is 0.408 e. The molecule has 1 rings (SSSR count). The molecule has 1 aromatic carbocycles. The van der Waals surface area contributed by atoms with Gasteiger partial charge in [-0.2, -0.15) is 0 Å². The van der Waals surface area contributed by atoms with Crippen LogP contribution in [0.5, 0.6) is 0 Å². The van der Waals surface area contributed by atoms with E-state index in [2.05, 4.69) is 12.2 Å². The van der Waals surface area contributed by atoms with Crippen molar-refractivity contribution >= 4 is 15.9 Å². The zero-order valence-electron chi connectivity index (χ0n) is 15.7. The third-order valence-electron chi connectivity index (χ3n) is 3.69. The predicted molar refractivity (Wildman–Crippen MR) is 100 cm³/mol. The average Bonchev–Trinajstić information content (AvgIpc) is 2.52. The van der Waals surface area contributed by atoms with E-state index < -0.39 is 26.9 Å². The Hall–Kier alpha value is -1.56. The summed E-state index contributed by atoms with van der Waals surface area (Å²) in [4.78, 5) is 12.3. The van der Waals surface area contributed by atoms with E-state index in [0.717, 1.165) is 32.1 Å². The average molecular weight is 370 g/mol. The highest BCUT2D eigenvalue weighted by molar-refractivity contribution is 7.92. The van der Waals surface area contributed by atoms with E-state index >= 15 is 0 Å². The van der Waals surface area contributed by atoms with Gasteiger partial charge >= 0.3 is 6.09 Å². The second-order valence-electron chi connectivity index (χ2n) is 7.20. The van der Waals surface area contributed by atoms with Gasteiger partial charge in [-0.05, 0) is 39.3 Å². The van der Waals surface area contributed by atoms with Crippen molar-refractivity contribution in [1.82, 2.24) is 5.32 Å². The first-order valence-corrected chi connectivity index (χ1v) is 10.5. The van der Waals surface area contributed by atoms with Crippen LogP contribution in [-0.4, -0.2) is 25.5 Å². The van der Waals surface area contributed by atoms with Crippen LogP contribution in [0.2, 0.25) is 0 Å². The van der Waals surface area contributed by atoms with Gasteiger partial charge in [0.15, 0.2) is 9.84 Å². The molecule has 6 heteroatoms. The zero-order chi connectivity index (χ0) is 18.9. The minimum absolute atomic E-state index is 0.213. The summed E-state index contributed by atoms with van der Waals surface area (Å²) in [6.07, 6.45) is 4.70. The van der Waals surface area contributed by atoms with Crippen LogP contribution in [0, 0.1) is 0 Å². The van der Waals surface area contributed by atoms with Crippen LogP contribution >= 0.6 is 0 Å². The van der Waals surface area contributed by atoms with Crippen LogP contribution < -0.4 is 5.32 Å². The van der Waals surface area contributed by atoms with Crippen LogP contribution in [0.3, 0.4) is 0 Å². The molecule has 0 bridgehead atoms. The van der Waals surface area contributed by atoms with Crippen LogP contribution in [-0.2, 0) is 14.6 Å². The summed E-state index contributed by atoms with van der Waals surface area (Å²) in [5, 5.41) is 1.57. The summed E-state index contributed by atoms with van der Waals surface area (Å²) in [5.74, 6) is 0. The Kier molecular flexibility index (Phi) is 8.42. The molecule has 142 valence electrons.